The number of likely N-dealkylation sites (N-methyl/N-ethyl adjacent to an activating group) is 2. The number of nitro groups is 1. The number of fused-ring (bicyclic) bond motifs is 1. The third-order valence-corrected chi connectivity index (χ3v) is 6.11. The van der Waals surface area contributed by atoms with Crippen LogP contribution in [0.2, 0.25) is 0 Å². The van der Waals surface area contributed by atoms with Crippen molar-refractivity contribution in [1.29, 1.82) is 0 Å². The number of halogens is 2. The number of aromatic hydroxyl groups is 1. The summed E-state index contributed by atoms with van der Waals surface area (Å²) in [7, 11) is 2.52. The number of aliphatic hydroxyl groups is 1. The standard InChI is InChI=1S/C22H20F2N4O6/c1-26-18(5-12-10-25-16-7-14(24)8-17(19(12)16)28(33)34)20(30)27(2)22(32,21(26)31)9-11-3-13(23)6-15(29)4-11/h3-4,6-8,10,18,25,29,32H,5,9H2,1-2H3/t18-,22+/m0/s1. The largest absolute Gasteiger partial charge is 0.508 e. The lowest BCUT2D eigenvalue weighted by atomic mass is 9.92. The Morgan fingerprint density at radius 2 is 1.82 bits per heavy atom. The van der Waals surface area contributed by atoms with E-state index in [-0.39, 0.29) is 22.9 Å². The van der Waals surface area contributed by atoms with E-state index >= 15 is 0 Å². The zero-order valence-corrected chi connectivity index (χ0v) is 18.1. The molecule has 3 aromatic rings. The molecular formula is C22H20F2N4O6. The van der Waals surface area contributed by atoms with Crippen molar-refractivity contribution < 1.29 is 33.5 Å². The Kier molecular flexibility index (Phi) is 5.48. The normalized spacial score (nSPS) is 20.9. The number of aromatic nitrogens is 1. The summed E-state index contributed by atoms with van der Waals surface area (Å²) in [5.74, 6) is -3.51. The molecule has 12 heteroatoms. The molecule has 10 nitrogen and oxygen atoms in total. The summed E-state index contributed by atoms with van der Waals surface area (Å²) >= 11 is 0. The first-order chi connectivity index (χ1) is 15.9. The Balaban J connectivity index is 1.68. The number of nitro benzene ring substituents is 1. The second kappa shape index (κ2) is 8.06. The number of H-pyrrole nitrogens is 1. The molecule has 3 N–H and O–H groups in total. The number of hydrogen-bond donors (Lipinski definition) is 3. The summed E-state index contributed by atoms with van der Waals surface area (Å²) in [6.07, 6.45) is 0.780. The first-order valence-electron chi connectivity index (χ1n) is 10.1. The predicted molar refractivity (Wildman–Crippen MR) is 115 cm³/mol. The Hall–Kier alpha value is -4.06. The number of carbonyl (C=O) groups is 2. The van der Waals surface area contributed by atoms with Gasteiger partial charge in [-0.15, -0.1) is 0 Å². The number of piperazine rings is 1. The molecule has 0 aliphatic carbocycles. The maximum Gasteiger partial charge on any atom is 0.281 e. The molecule has 2 heterocycles. The van der Waals surface area contributed by atoms with Gasteiger partial charge < -0.3 is 25.0 Å². The Morgan fingerprint density at radius 3 is 2.47 bits per heavy atom. The van der Waals surface area contributed by atoms with Gasteiger partial charge in [0.15, 0.2) is 0 Å². The van der Waals surface area contributed by atoms with Crippen molar-refractivity contribution in [3.8, 4) is 5.75 Å². The number of rotatable bonds is 5. The number of benzene rings is 2. The molecule has 1 aliphatic rings. The Bertz CT molecular complexity index is 1320. The summed E-state index contributed by atoms with van der Waals surface area (Å²) in [5, 5.41) is 32.3. The molecular weight excluding hydrogens is 454 g/mol. The van der Waals surface area contributed by atoms with E-state index in [1.807, 2.05) is 0 Å². The van der Waals surface area contributed by atoms with Crippen LogP contribution >= 0.6 is 0 Å². The van der Waals surface area contributed by atoms with Gasteiger partial charge in [-0.3, -0.25) is 19.7 Å². The number of amides is 2. The minimum Gasteiger partial charge on any atom is -0.508 e. The number of aromatic amines is 1. The van der Waals surface area contributed by atoms with Gasteiger partial charge in [-0.25, -0.2) is 8.78 Å². The average molecular weight is 474 g/mol. The average Bonchev–Trinajstić information content (AvgIpc) is 3.15. The van der Waals surface area contributed by atoms with Crippen molar-refractivity contribution in [1.82, 2.24) is 14.8 Å². The lowest BCUT2D eigenvalue weighted by molar-refractivity contribution is -0.383. The minimum atomic E-state index is -2.35. The molecule has 0 saturated carbocycles. The highest BCUT2D eigenvalue weighted by Gasteiger charge is 2.53. The fraction of sp³-hybridized carbons (Fsp3) is 0.273. The van der Waals surface area contributed by atoms with Gasteiger partial charge >= 0.3 is 0 Å². The van der Waals surface area contributed by atoms with Gasteiger partial charge in [0.05, 0.1) is 21.9 Å². The minimum absolute atomic E-state index is 0.0918. The van der Waals surface area contributed by atoms with E-state index in [2.05, 4.69) is 4.98 Å². The molecule has 2 aromatic carbocycles. The second-order valence-corrected chi connectivity index (χ2v) is 8.26. The molecule has 178 valence electrons. The van der Waals surface area contributed by atoms with Crippen LogP contribution in [0, 0.1) is 21.7 Å². The van der Waals surface area contributed by atoms with Crippen molar-refractivity contribution in [3.63, 3.8) is 0 Å². The Morgan fingerprint density at radius 1 is 1.15 bits per heavy atom. The molecule has 1 saturated heterocycles. The number of carbonyl (C=O) groups excluding carboxylic acids is 2. The summed E-state index contributed by atoms with van der Waals surface area (Å²) in [5.41, 5.74) is -2.27. The highest BCUT2D eigenvalue weighted by atomic mass is 19.1. The molecule has 34 heavy (non-hydrogen) atoms. The number of phenols is 1. The highest BCUT2D eigenvalue weighted by Crippen LogP contribution is 2.34. The SMILES string of the molecule is CN1C(=O)[C@](O)(Cc2cc(O)cc(F)c2)N(C)C(=O)[C@@H]1Cc1c[nH]c2cc(F)cc([N+](=O)[O-])c12. The molecule has 2 amide bonds. The first-order valence-corrected chi connectivity index (χ1v) is 10.1. The van der Waals surface area contributed by atoms with Crippen LogP contribution < -0.4 is 0 Å². The van der Waals surface area contributed by atoms with Crippen molar-refractivity contribution in [2.24, 2.45) is 0 Å². The quantitative estimate of drug-likeness (QED) is 0.381. The third-order valence-electron chi connectivity index (χ3n) is 6.11. The van der Waals surface area contributed by atoms with E-state index in [1.54, 1.807) is 0 Å². The summed E-state index contributed by atoms with van der Waals surface area (Å²) in [6, 6.07) is 3.80. The van der Waals surface area contributed by atoms with E-state index in [4.69, 9.17) is 0 Å². The first kappa shape index (κ1) is 23.1. The molecule has 1 aliphatic heterocycles. The van der Waals surface area contributed by atoms with E-state index in [1.165, 1.54) is 26.4 Å². The maximum absolute atomic E-state index is 13.8. The molecule has 1 aromatic heterocycles. The number of nitrogens with one attached hydrogen (secondary N) is 1. The van der Waals surface area contributed by atoms with Gasteiger partial charge in [0.2, 0.25) is 11.6 Å². The predicted octanol–water partition coefficient (Wildman–Crippen LogP) is 1.83. The number of phenolic OH excluding ortho intramolecular Hbond substituents is 1. The van der Waals surface area contributed by atoms with Crippen LogP contribution in [0.15, 0.2) is 36.5 Å². The van der Waals surface area contributed by atoms with E-state index < -0.39 is 58.0 Å². The van der Waals surface area contributed by atoms with Crippen molar-refractivity contribution in [2.45, 2.75) is 24.6 Å². The van der Waals surface area contributed by atoms with Crippen molar-refractivity contribution in [2.75, 3.05) is 14.1 Å². The van der Waals surface area contributed by atoms with Crippen LogP contribution in [0.3, 0.4) is 0 Å². The van der Waals surface area contributed by atoms with Gasteiger partial charge in [-0.1, -0.05) is 0 Å². The molecule has 1 fully saturated rings. The molecule has 2 atom stereocenters. The Labute approximate surface area is 191 Å². The van der Waals surface area contributed by atoms with Gasteiger partial charge in [0.1, 0.15) is 23.4 Å². The summed E-state index contributed by atoms with van der Waals surface area (Å²) < 4.78 is 27.4. The van der Waals surface area contributed by atoms with Crippen LogP contribution in [0.1, 0.15) is 11.1 Å². The zero-order valence-electron chi connectivity index (χ0n) is 18.1. The summed E-state index contributed by atoms with van der Waals surface area (Å²) in [6.45, 7) is 0. The van der Waals surface area contributed by atoms with Crippen LogP contribution in [0.4, 0.5) is 14.5 Å². The number of non-ortho nitro benzene ring substituents is 1. The lowest BCUT2D eigenvalue weighted by Gasteiger charge is -2.47. The maximum atomic E-state index is 13.8. The van der Waals surface area contributed by atoms with Gasteiger partial charge in [-0.05, 0) is 29.3 Å². The highest BCUT2D eigenvalue weighted by molar-refractivity contribution is 5.99. The van der Waals surface area contributed by atoms with Crippen molar-refractivity contribution >= 4 is 28.4 Å². The van der Waals surface area contributed by atoms with Crippen LogP contribution in [0.5, 0.6) is 5.75 Å². The van der Waals surface area contributed by atoms with E-state index in [9.17, 15) is 38.7 Å². The topological polar surface area (TPSA) is 140 Å². The van der Waals surface area contributed by atoms with Crippen LogP contribution in [0.25, 0.3) is 10.9 Å². The van der Waals surface area contributed by atoms with Crippen LogP contribution in [-0.2, 0) is 22.4 Å². The molecule has 4 rings (SSSR count). The molecule has 0 spiro atoms. The van der Waals surface area contributed by atoms with Gasteiger partial charge in [0, 0.05) is 39.2 Å². The second-order valence-electron chi connectivity index (χ2n) is 8.26. The van der Waals surface area contributed by atoms with Crippen molar-refractivity contribution in [3.05, 3.63) is 69.4 Å². The molecule has 0 unspecified atom stereocenters. The summed E-state index contributed by atoms with van der Waals surface area (Å²) in [4.78, 5) is 41.7. The zero-order chi connectivity index (χ0) is 24.9. The fourth-order valence-corrected chi connectivity index (χ4v) is 4.37. The van der Waals surface area contributed by atoms with E-state index in [0.29, 0.717) is 5.56 Å². The number of hydrogen-bond acceptors (Lipinski definition) is 6. The van der Waals surface area contributed by atoms with Crippen LogP contribution in [-0.4, -0.2) is 67.6 Å². The third kappa shape index (κ3) is 3.71. The smallest absolute Gasteiger partial charge is 0.281 e. The fourth-order valence-electron chi connectivity index (χ4n) is 4.37. The lowest BCUT2D eigenvalue weighted by Crippen LogP contribution is -2.70. The van der Waals surface area contributed by atoms with Gasteiger partial charge in [-0.2, -0.15) is 0 Å². The van der Waals surface area contributed by atoms with Gasteiger partial charge in [0.25, 0.3) is 11.6 Å². The molecule has 0 radical (unpaired) electrons. The van der Waals surface area contributed by atoms with E-state index in [0.717, 1.165) is 34.1 Å². The number of nitrogens with zero attached hydrogens (tertiary/aromatic N) is 3. The molecule has 0 bridgehead atoms. The monoisotopic (exact) mass is 474 g/mol.